The molecule has 0 aromatic heterocycles. The minimum atomic E-state index is -1.02. The van der Waals surface area contributed by atoms with Crippen LogP contribution in [0.5, 0.6) is 0 Å². The number of carbonyl (C=O) groups excluding carboxylic acids is 2. The molecule has 0 bridgehead atoms. The highest BCUT2D eigenvalue weighted by Crippen LogP contribution is 2.22. The SMILES string of the molecule is CCC(=O)[C@@H](OCc1ccccc1)[C@H](OCc1ccccc1)[C@@H](OCc1ccccc1)C(=O)N1CCN(C)CC1. The number of carbonyl (C=O) groups is 2. The van der Waals surface area contributed by atoms with Crippen LogP contribution >= 0.6 is 0 Å². The van der Waals surface area contributed by atoms with Crippen molar-refractivity contribution in [2.75, 3.05) is 33.2 Å². The number of hydrogen-bond acceptors (Lipinski definition) is 6. The summed E-state index contributed by atoms with van der Waals surface area (Å²) in [4.78, 5) is 31.5. The number of Topliss-reactive ketones (excluding diaryl/α,β-unsaturated/α-hetero) is 1. The Labute approximate surface area is 237 Å². The van der Waals surface area contributed by atoms with Gasteiger partial charge in [0.05, 0.1) is 19.8 Å². The highest BCUT2D eigenvalue weighted by atomic mass is 16.6. The van der Waals surface area contributed by atoms with Crippen molar-refractivity contribution in [2.45, 2.75) is 51.5 Å². The highest BCUT2D eigenvalue weighted by molar-refractivity contribution is 5.87. The van der Waals surface area contributed by atoms with E-state index in [0.29, 0.717) is 13.1 Å². The Morgan fingerprint density at radius 2 is 1.07 bits per heavy atom. The van der Waals surface area contributed by atoms with Gasteiger partial charge in [-0.15, -0.1) is 0 Å². The Morgan fingerprint density at radius 3 is 1.52 bits per heavy atom. The van der Waals surface area contributed by atoms with E-state index in [1.807, 2.05) is 103 Å². The fourth-order valence-electron chi connectivity index (χ4n) is 4.71. The predicted molar refractivity (Wildman–Crippen MR) is 154 cm³/mol. The topological polar surface area (TPSA) is 68.3 Å². The van der Waals surface area contributed by atoms with Crippen LogP contribution in [0, 0.1) is 0 Å². The summed E-state index contributed by atoms with van der Waals surface area (Å²) in [6, 6.07) is 29.2. The number of benzene rings is 3. The molecule has 7 heteroatoms. The molecule has 0 spiro atoms. The summed E-state index contributed by atoms with van der Waals surface area (Å²) in [5.74, 6) is -0.312. The summed E-state index contributed by atoms with van der Waals surface area (Å²) < 4.78 is 19.1. The van der Waals surface area contributed by atoms with Crippen LogP contribution in [-0.2, 0) is 43.6 Å². The van der Waals surface area contributed by atoms with Crippen LogP contribution in [0.2, 0.25) is 0 Å². The first-order valence-electron chi connectivity index (χ1n) is 14.0. The quantitative estimate of drug-likeness (QED) is 0.298. The Bertz CT molecular complexity index is 1170. The number of nitrogens with zero attached hydrogens (tertiary/aromatic N) is 2. The average Bonchev–Trinajstić information content (AvgIpc) is 3.01. The number of piperazine rings is 1. The van der Waals surface area contributed by atoms with Gasteiger partial charge in [-0.25, -0.2) is 0 Å². The summed E-state index contributed by atoms with van der Waals surface area (Å²) in [6.45, 7) is 5.17. The van der Waals surface area contributed by atoms with Crippen LogP contribution < -0.4 is 0 Å². The molecule has 3 aromatic rings. The van der Waals surface area contributed by atoms with Gasteiger partial charge in [0.15, 0.2) is 11.9 Å². The number of hydrogen-bond donors (Lipinski definition) is 0. The first-order valence-corrected chi connectivity index (χ1v) is 14.0. The molecule has 0 N–H and O–H groups in total. The molecule has 0 radical (unpaired) electrons. The van der Waals surface area contributed by atoms with Gasteiger partial charge in [0.25, 0.3) is 5.91 Å². The number of ether oxygens (including phenoxy) is 3. The van der Waals surface area contributed by atoms with E-state index in [2.05, 4.69) is 4.90 Å². The molecule has 0 saturated carbocycles. The zero-order valence-corrected chi connectivity index (χ0v) is 23.5. The molecule has 3 aromatic carbocycles. The fourth-order valence-corrected chi connectivity index (χ4v) is 4.71. The second-order valence-corrected chi connectivity index (χ2v) is 10.1. The van der Waals surface area contributed by atoms with Gasteiger partial charge in [-0.3, -0.25) is 9.59 Å². The lowest BCUT2D eigenvalue weighted by atomic mass is 10.00. The molecule has 1 heterocycles. The van der Waals surface area contributed by atoms with Crippen molar-refractivity contribution in [1.29, 1.82) is 0 Å². The minimum Gasteiger partial charge on any atom is -0.367 e. The molecule has 0 unspecified atom stereocenters. The third-order valence-corrected chi connectivity index (χ3v) is 7.15. The first-order chi connectivity index (χ1) is 19.5. The van der Waals surface area contributed by atoms with Crippen LogP contribution in [0.4, 0.5) is 0 Å². The van der Waals surface area contributed by atoms with E-state index >= 15 is 0 Å². The van der Waals surface area contributed by atoms with Crippen molar-refractivity contribution in [1.82, 2.24) is 9.80 Å². The summed E-state index contributed by atoms with van der Waals surface area (Å²) in [5.41, 5.74) is 2.81. The van der Waals surface area contributed by atoms with Crippen molar-refractivity contribution in [3.63, 3.8) is 0 Å². The average molecular weight is 545 g/mol. The lowest BCUT2D eigenvalue weighted by Gasteiger charge is -2.38. The number of rotatable bonds is 14. The van der Waals surface area contributed by atoms with Gasteiger partial charge in [-0.1, -0.05) is 97.9 Å². The third-order valence-electron chi connectivity index (χ3n) is 7.15. The lowest BCUT2D eigenvalue weighted by molar-refractivity contribution is -0.181. The molecule has 1 aliphatic heterocycles. The van der Waals surface area contributed by atoms with E-state index in [4.69, 9.17) is 14.2 Å². The third kappa shape index (κ3) is 8.57. The van der Waals surface area contributed by atoms with Gasteiger partial charge in [0.2, 0.25) is 0 Å². The van der Waals surface area contributed by atoms with Crippen LogP contribution in [0.25, 0.3) is 0 Å². The second kappa shape index (κ2) is 15.4. The van der Waals surface area contributed by atoms with Crippen LogP contribution in [-0.4, -0.2) is 73.0 Å². The normalized spacial score (nSPS) is 16.3. The van der Waals surface area contributed by atoms with Gasteiger partial charge < -0.3 is 24.0 Å². The lowest BCUT2D eigenvalue weighted by Crippen LogP contribution is -2.57. The monoisotopic (exact) mass is 544 g/mol. The Hall–Kier alpha value is -3.36. The van der Waals surface area contributed by atoms with Gasteiger partial charge in [0.1, 0.15) is 12.2 Å². The van der Waals surface area contributed by atoms with Crippen molar-refractivity contribution in [3.8, 4) is 0 Å². The van der Waals surface area contributed by atoms with Crippen molar-refractivity contribution in [2.24, 2.45) is 0 Å². The molecule has 1 amide bonds. The van der Waals surface area contributed by atoms with E-state index in [1.54, 1.807) is 6.92 Å². The molecule has 4 rings (SSSR count). The van der Waals surface area contributed by atoms with Crippen LogP contribution in [0.3, 0.4) is 0 Å². The molecule has 0 aliphatic carbocycles. The summed E-state index contributed by atoms with van der Waals surface area (Å²) in [6.07, 6.45) is -2.69. The Balaban J connectivity index is 1.65. The van der Waals surface area contributed by atoms with Crippen molar-refractivity contribution >= 4 is 11.7 Å². The van der Waals surface area contributed by atoms with E-state index in [-0.39, 0.29) is 37.9 Å². The zero-order chi connectivity index (χ0) is 28.2. The smallest absolute Gasteiger partial charge is 0.254 e. The van der Waals surface area contributed by atoms with E-state index in [1.165, 1.54) is 0 Å². The minimum absolute atomic E-state index is 0.131. The molecule has 1 fully saturated rings. The molecule has 212 valence electrons. The van der Waals surface area contributed by atoms with Crippen LogP contribution in [0.15, 0.2) is 91.0 Å². The van der Waals surface area contributed by atoms with Gasteiger partial charge >= 0.3 is 0 Å². The number of likely N-dealkylation sites (N-methyl/N-ethyl adjacent to an activating group) is 1. The molecular formula is C33H40N2O5. The van der Waals surface area contributed by atoms with Gasteiger partial charge in [-0.05, 0) is 23.7 Å². The van der Waals surface area contributed by atoms with Crippen molar-refractivity contribution < 1.29 is 23.8 Å². The summed E-state index contributed by atoms with van der Waals surface area (Å²) in [7, 11) is 2.05. The predicted octanol–water partition coefficient (Wildman–Crippen LogP) is 4.50. The number of amides is 1. The first kappa shape index (κ1) is 29.6. The highest BCUT2D eigenvalue weighted by Gasteiger charge is 2.42. The molecule has 40 heavy (non-hydrogen) atoms. The molecule has 1 aliphatic rings. The maximum Gasteiger partial charge on any atom is 0.254 e. The van der Waals surface area contributed by atoms with E-state index < -0.39 is 18.3 Å². The zero-order valence-electron chi connectivity index (χ0n) is 23.5. The van der Waals surface area contributed by atoms with Gasteiger partial charge in [-0.2, -0.15) is 0 Å². The molecule has 3 atom stereocenters. The molecule has 1 saturated heterocycles. The van der Waals surface area contributed by atoms with Crippen molar-refractivity contribution in [3.05, 3.63) is 108 Å². The van der Waals surface area contributed by atoms with Crippen LogP contribution in [0.1, 0.15) is 30.0 Å². The maximum atomic E-state index is 14.1. The molecule has 7 nitrogen and oxygen atoms in total. The Kier molecular flexibility index (Phi) is 11.4. The maximum absolute atomic E-state index is 14.1. The van der Waals surface area contributed by atoms with E-state index in [9.17, 15) is 9.59 Å². The Morgan fingerprint density at radius 1 is 0.650 bits per heavy atom. The summed E-state index contributed by atoms with van der Waals surface area (Å²) in [5, 5.41) is 0. The second-order valence-electron chi connectivity index (χ2n) is 10.1. The van der Waals surface area contributed by atoms with E-state index in [0.717, 1.165) is 29.8 Å². The van der Waals surface area contributed by atoms with Gasteiger partial charge in [0, 0.05) is 32.6 Å². The number of ketones is 1. The fraction of sp³-hybridized carbons (Fsp3) is 0.394. The largest absolute Gasteiger partial charge is 0.367 e. The summed E-state index contributed by atoms with van der Waals surface area (Å²) >= 11 is 0. The standard InChI is InChI=1S/C33H40N2O5/c1-3-29(36)30(38-23-26-13-7-4-8-14-26)31(39-24-27-15-9-5-10-16-27)32(40-25-28-17-11-6-12-18-28)33(37)35-21-19-34(2)20-22-35/h4-18,30-32H,3,19-25H2,1-2H3/t30-,31+,32-/m1/s1. The molecular weight excluding hydrogens is 504 g/mol.